The third kappa shape index (κ3) is 3.22. The molecule has 92 valence electrons. The van der Waals surface area contributed by atoms with Gasteiger partial charge in [-0.1, -0.05) is 0 Å². The number of carbonyl (C=O) groups is 2. The highest BCUT2D eigenvalue weighted by Gasteiger charge is 2.37. The summed E-state index contributed by atoms with van der Waals surface area (Å²) in [4.78, 5) is 25.1. The van der Waals surface area contributed by atoms with E-state index >= 15 is 0 Å². The molecule has 1 aliphatic rings. The predicted octanol–water partition coefficient (Wildman–Crippen LogP) is 1.58. The van der Waals surface area contributed by atoms with Crippen LogP contribution in [0, 0.1) is 5.92 Å². The van der Waals surface area contributed by atoms with Gasteiger partial charge in [0.1, 0.15) is 5.60 Å². The third-order valence-electron chi connectivity index (χ3n) is 2.52. The number of hydrogen-bond donors (Lipinski definition) is 0. The lowest BCUT2D eigenvalue weighted by Gasteiger charge is -2.23. The van der Waals surface area contributed by atoms with Crippen LogP contribution in [0.1, 0.15) is 41.0 Å². The Hall–Kier alpha value is -1.06. The fraction of sp³-hybridized carbons (Fsp3) is 0.833. The summed E-state index contributed by atoms with van der Waals surface area (Å²) < 4.78 is 5.28. The van der Waals surface area contributed by atoms with Crippen LogP contribution in [0.5, 0.6) is 0 Å². The minimum Gasteiger partial charge on any atom is -0.460 e. The van der Waals surface area contributed by atoms with Gasteiger partial charge in [0.25, 0.3) is 0 Å². The monoisotopic (exact) mass is 227 g/mol. The molecule has 0 aromatic carbocycles. The minimum absolute atomic E-state index is 0.0471. The van der Waals surface area contributed by atoms with E-state index in [-0.39, 0.29) is 30.3 Å². The van der Waals surface area contributed by atoms with Crippen LogP contribution in [0.2, 0.25) is 0 Å². The summed E-state index contributed by atoms with van der Waals surface area (Å²) in [7, 11) is 0. The Morgan fingerprint density at radius 2 is 2.00 bits per heavy atom. The summed E-state index contributed by atoms with van der Waals surface area (Å²) in [5, 5.41) is 0. The van der Waals surface area contributed by atoms with Gasteiger partial charge in [0.15, 0.2) is 0 Å². The van der Waals surface area contributed by atoms with Gasteiger partial charge < -0.3 is 9.64 Å². The molecule has 1 saturated heterocycles. The van der Waals surface area contributed by atoms with E-state index in [4.69, 9.17) is 4.74 Å². The molecule has 16 heavy (non-hydrogen) atoms. The molecule has 1 fully saturated rings. The normalized spacial score (nSPS) is 21.8. The number of esters is 1. The van der Waals surface area contributed by atoms with E-state index in [1.807, 2.05) is 34.6 Å². The zero-order chi connectivity index (χ0) is 12.5. The SMILES string of the molecule is CC(C)N1CC(C(=O)OC(C)(C)C)CC1=O. The van der Waals surface area contributed by atoms with Crippen molar-refractivity contribution in [3.63, 3.8) is 0 Å². The largest absolute Gasteiger partial charge is 0.460 e. The maximum atomic E-state index is 11.8. The summed E-state index contributed by atoms with van der Waals surface area (Å²) in [5.41, 5.74) is -0.481. The van der Waals surface area contributed by atoms with E-state index in [1.54, 1.807) is 4.90 Å². The average molecular weight is 227 g/mol. The van der Waals surface area contributed by atoms with Crippen molar-refractivity contribution in [3.8, 4) is 0 Å². The van der Waals surface area contributed by atoms with Crippen LogP contribution in [0.3, 0.4) is 0 Å². The zero-order valence-corrected chi connectivity index (χ0v) is 10.7. The first kappa shape index (κ1) is 13.0. The summed E-state index contributed by atoms with van der Waals surface area (Å²) in [6, 6.07) is 0.153. The first-order valence-corrected chi connectivity index (χ1v) is 5.73. The summed E-state index contributed by atoms with van der Waals surface area (Å²) in [5.74, 6) is -0.510. The highest BCUT2D eigenvalue weighted by Crippen LogP contribution is 2.23. The Morgan fingerprint density at radius 1 is 1.44 bits per heavy atom. The number of ether oxygens (including phenoxy) is 1. The van der Waals surface area contributed by atoms with Crippen LogP contribution in [0.25, 0.3) is 0 Å². The number of rotatable bonds is 2. The van der Waals surface area contributed by atoms with Crippen LogP contribution in [0.15, 0.2) is 0 Å². The van der Waals surface area contributed by atoms with Gasteiger partial charge in [0.2, 0.25) is 5.91 Å². The Morgan fingerprint density at radius 3 is 2.38 bits per heavy atom. The molecular formula is C12H21NO3. The maximum absolute atomic E-state index is 11.8. The van der Waals surface area contributed by atoms with Gasteiger partial charge in [-0.25, -0.2) is 0 Å². The molecule has 0 bridgehead atoms. The number of likely N-dealkylation sites (tertiary alicyclic amines) is 1. The lowest BCUT2D eigenvalue weighted by molar-refractivity contribution is -0.159. The lowest BCUT2D eigenvalue weighted by atomic mass is 10.1. The van der Waals surface area contributed by atoms with Crippen molar-refractivity contribution in [2.75, 3.05) is 6.54 Å². The van der Waals surface area contributed by atoms with Crippen LogP contribution in [-0.4, -0.2) is 35.0 Å². The van der Waals surface area contributed by atoms with Crippen LogP contribution < -0.4 is 0 Å². The molecule has 0 aromatic rings. The fourth-order valence-corrected chi connectivity index (χ4v) is 1.77. The number of nitrogens with zero attached hydrogens (tertiary/aromatic N) is 1. The summed E-state index contributed by atoms with van der Waals surface area (Å²) >= 11 is 0. The first-order chi connectivity index (χ1) is 7.20. The van der Waals surface area contributed by atoms with E-state index < -0.39 is 5.60 Å². The molecule has 1 atom stereocenters. The number of hydrogen-bond acceptors (Lipinski definition) is 3. The molecule has 0 aliphatic carbocycles. The smallest absolute Gasteiger partial charge is 0.311 e. The molecule has 1 heterocycles. The van der Waals surface area contributed by atoms with Gasteiger partial charge in [-0.2, -0.15) is 0 Å². The molecule has 4 nitrogen and oxygen atoms in total. The lowest BCUT2D eigenvalue weighted by Crippen LogP contribution is -2.34. The molecule has 0 saturated carbocycles. The van der Waals surface area contributed by atoms with Crippen molar-refractivity contribution in [3.05, 3.63) is 0 Å². The third-order valence-corrected chi connectivity index (χ3v) is 2.52. The first-order valence-electron chi connectivity index (χ1n) is 5.73. The fourth-order valence-electron chi connectivity index (χ4n) is 1.77. The van der Waals surface area contributed by atoms with Crippen molar-refractivity contribution in [1.82, 2.24) is 4.90 Å². The molecule has 1 rings (SSSR count). The topological polar surface area (TPSA) is 46.6 Å². The Balaban J connectivity index is 2.59. The predicted molar refractivity (Wildman–Crippen MR) is 60.8 cm³/mol. The summed E-state index contributed by atoms with van der Waals surface area (Å²) in [6.45, 7) is 9.90. The van der Waals surface area contributed by atoms with Gasteiger partial charge >= 0.3 is 5.97 Å². The molecular weight excluding hydrogens is 206 g/mol. The van der Waals surface area contributed by atoms with E-state index in [0.717, 1.165) is 0 Å². The second-order valence-corrected chi connectivity index (χ2v) is 5.57. The Bertz CT molecular complexity index is 291. The summed E-state index contributed by atoms with van der Waals surface area (Å²) in [6.07, 6.45) is 0.285. The van der Waals surface area contributed by atoms with Gasteiger partial charge in [0.05, 0.1) is 5.92 Å². The molecule has 1 unspecified atom stereocenters. The van der Waals surface area contributed by atoms with E-state index in [9.17, 15) is 9.59 Å². The molecule has 0 spiro atoms. The van der Waals surface area contributed by atoms with Gasteiger partial charge in [0, 0.05) is 19.0 Å². The van der Waals surface area contributed by atoms with E-state index in [2.05, 4.69) is 0 Å². The van der Waals surface area contributed by atoms with Crippen molar-refractivity contribution < 1.29 is 14.3 Å². The molecule has 1 aliphatic heterocycles. The highest BCUT2D eigenvalue weighted by atomic mass is 16.6. The molecule has 0 N–H and O–H groups in total. The Kier molecular flexibility index (Phi) is 3.61. The quantitative estimate of drug-likeness (QED) is 0.673. The van der Waals surface area contributed by atoms with Crippen LogP contribution >= 0.6 is 0 Å². The minimum atomic E-state index is -0.481. The molecule has 4 heteroatoms. The van der Waals surface area contributed by atoms with Crippen molar-refractivity contribution >= 4 is 11.9 Å². The van der Waals surface area contributed by atoms with Crippen LogP contribution in [-0.2, 0) is 14.3 Å². The van der Waals surface area contributed by atoms with Crippen molar-refractivity contribution in [2.45, 2.75) is 52.7 Å². The van der Waals surface area contributed by atoms with Crippen molar-refractivity contribution in [2.24, 2.45) is 5.92 Å². The van der Waals surface area contributed by atoms with Gasteiger partial charge in [-0.05, 0) is 34.6 Å². The van der Waals surface area contributed by atoms with E-state index in [0.29, 0.717) is 6.54 Å². The molecule has 1 amide bonds. The highest BCUT2D eigenvalue weighted by molar-refractivity contribution is 5.87. The molecule has 0 aromatic heterocycles. The number of carbonyl (C=O) groups excluding carboxylic acids is 2. The van der Waals surface area contributed by atoms with Gasteiger partial charge in [-0.3, -0.25) is 9.59 Å². The second kappa shape index (κ2) is 4.44. The van der Waals surface area contributed by atoms with Crippen molar-refractivity contribution in [1.29, 1.82) is 0 Å². The number of amides is 1. The standard InChI is InChI=1S/C12H21NO3/c1-8(2)13-7-9(6-10(13)14)11(15)16-12(3,4)5/h8-9H,6-7H2,1-5H3. The Labute approximate surface area is 96.9 Å². The van der Waals surface area contributed by atoms with Gasteiger partial charge in [-0.15, -0.1) is 0 Å². The zero-order valence-electron chi connectivity index (χ0n) is 10.7. The second-order valence-electron chi connectivity index (χ2n) is 5.57. The molecule has 0 radical (unpaired) electrons. The maximum Gasteiger partial charge on any atom is 0.311 e. The van der Waals surface area contributed by atoms with E-state index in [1.165, 1.54) is 0 Å². The van der Waals surface area contributed by atoms with Crippen LogP contribution in [0.4, 0.5) is 0 Å². The average Bonchev–Trinajstić information content (AvgIpc) is 2.44.